The van der Waals surface area contributed by atoms with Gasteiger partial charge < -0.3 is 10.2 Å². The fourth-order valence-corrected chi connectivity index (χ4v) is 5.72. The molecule has 2 N–H and O–H groups in total. The van der Waals surface area contributed by atoms with Crippen molar-refractivity contribution in [1.29, 1.82) is 0 Å². The number of amides is 2. The van der Waals surface area contributed by atoms with Crippen LogP contribution in [0, 0.1) is 0 Å². The zero-order valence-electron chi connectivity index (χ0n) is 22.4. The number of rotatable bonds is 14. The lowest BCUT2D eigenvalue weighted by molar-refractivity contribution is -0.141. The molecule has 39 heavy (non-hydrogen) atoms. The van der Waals surface area contributed by atoms with Gasteiger partial charge in [-0.05, 0) is 54.5 Å². The first-order valence-electron chi connectivity index (χ1n) is 13.6. The second-order valence-electron chi connectivity index (χ2n) is 10.0. The Labute approximate surface area is 231 Å². The van der Waals surface area contributed by atoms with E-state index in [1.165, 1.54) is 0 Å². The summed E-state index contributed by atoms with van der Waals surface area (Å²) in [6, 6.07) is 25.5. The number of carbonyl (C=O) groups is 2. The van der Waals surface area contributed by atoms with E-state index in [1.54, 1.807) is 29.2 Å². The summed E-state index contributed by atoms with van der Waals surface area (Å²) in [7, 11) is -3.52. The number of nitrogens with one attached hydrogen (secondary N) is 2. The summed E-state index contributed by atoms with van der Waals surface area (Å²) < 4.78 is 27.6. The van der Waals surface area contributed by atoms with E-state index in [0.717, 1.165) is 36.0 Å². The average Bonchev–Trinajstić information content (AvgIpc) is 3.77. The molecular formula is C31H37N3O4S. The topological polar surface area (TPSA) is 95.6 Å². The third-order valence-corrected chi connectivity index (χ3v) is 8.31. The summed E-state index contributed by atoms with van der Waals surface area (Å²) in [5.41, 5.74) is 2.80. The van der Waals surface area contributed by atoms with Gasteiger partial charge in [0.05, 0.1) is 4.90 Å². The number of hydrogen-bond donors (Lipinski definition) is 2. The smallest absolute Gasteiger partial charge is 0.243 e. The highest BCUT2D eigenvalue weighted by Crippen LogP contribution is 2.23. The highest BCUT2D eigenvalue weighted by Gasteiger charge is 2.30. The van der Waals surface area contributed by atoms with Gasteiger partial charge in [0, 0.05) is 32.0 Å². The lowest BCUT2D eigenvalue weighted by Gasteiger charge is -2.31. The third kappa shape index (κ3) is 8.50. The molecule has 7 nitrogen and oxygen atoms in total. The lowest BCUT2D eigenvalue weighted by atomic mass is 10.0. The molecule has 0 radical (unpaired) electrons. The Hall–Kier alpha value is -3.49. The van der Waals surface area contributed by atoms with Gasteiger partial charge in [0.2, 0.25) is 21.8 Å². The molecule has 1 atom stereocenters. The minimum Gasteiger partial charge on any atom is -0.354 e. The molecule has 3 aromatic rings. The molecule has 0 aromatic heterocycles. The van der Waals surface area contributed by atoms with Gasteiger partial charge in [-0.25, -0.2) is 13.1 Å². The number of carbonyl (C=O) groups excluding carboxylic acids is 2. The van der Waals surface area contributed by atoms with Crippen molar-refractivity contribution < 1.29 is 18.0 Å². The Morgan fingerprint density at radius 2 is 1.49 bits per heavy atom. The summed E-state index contributed by atoms with van der Waals surface area (Å²) in [5.74, 6) is -0.291. The van der Waals surface area contributed by atoms with E-state index in [9.17, 15) is 18.0 Å². The molecular weight excluding hydrogens is 510 g/mol. The molecule has 0 spiro atoms. The monoisotopic (exact) mass is 547 g/mol. The van der Waals surface area contributed by atoms with Crippen LogP contribution in [0.15, 0.2) is 89.8 Å². The SMILES string of the molecule is CCCNC(=O)[C@H](Cc1ccccc1)N(Cc1ccccc1)C(=O)CCc1ccc(S(=O)(=O)NC2CC2)cc1. The van der Waals surface area contributed by atoms with Gasteiger partial charge in [-0.1, -0.05) is 79.7 Å². The summed E-state index contributed by atoms with van der Waals surface area (Å²) in [6.07, 6.45) is 3.61. The molecule has 0 bridgehead atoms. The number of aryl methyl sites for hydroxylation is 1. The van der Waals surface area contributed by atoms with E-state index in [4.69, 9.17) is 0 Å². The van der Waals surface area contributed by atoms with Crippen LogP contribution in [0.2, 0.25) is 0 Å². The number of nitrogens with zero attached hydrogens (tertiary/aromatic N) is 1. The largest absolute Gasteiger partial charge is 0.354 e. The normalized spacial score (nSPS) is 14.0. The van der Waals surface area contributed by atoms with Gasteiger partial charge in [0.15, 0.2) is 0 Å². The molecule has 4 rings (SSSR count). The van der Waals surface area contributed by atoms with E-state index in [0.29, 0.717) is 25.9 Å². The van der Waals surface area contributed by atoms with Gasteiger partial charge in [-0.15, -0.1) is 0 Å². The first-order chi connectivity index (χ1) is 18.9. The predicted molar refractivity (Wildman–Crippen MR) is 152 cm³/mol. The van der Waals surface area contributed by atoms with Crippen LogP contribution in [0.4, 0.5) is 0 Å². The molecule has 0 saturated heterocycles. The predicted octanol–water partition coefficient (Wildman–Crippen LogP) is 4.23. The van der Waals surface area contributed by atoms with Crippen LogP contribution in [-0.4, -0.2) is 43.8 Å². The van der Waals surface area contributed by atoms with Gasteiger partial charge in [-0.2, -0.15) is 0 Å². The third-order valence-electron chi connectivity index (χ3n) is 6.78. The maximum atomic E-state index is 13.7. The second-order valence-corrected chi connectivity index (χ2v) is 11.8. The van der Waals surface area contributed by atoms with Gasteiger partial charge in [0.1, 0.15) is 6.04 Å². The summed E-state index contributed by atoms with van der Waals surface area (Å²) in [4.78, 5) is 29.0. The zero-order chi connectivity index (χ0) is 27.7. The molecule has 1 aliphatic rings. The molecule has 8 heteroatoms. The van der Waals surface area contributed by atoms with Crippen molar-refractivity contribution in [2.45, 2.75) is 69.0 Å². The lowest BCUT2D eigenvalue weighted by Crippen LogP contribution is -2.50. The first-order valence-corrected chi connectivity index (χ1v) is 15.1. The molecule has 0 aliphatic heterocycles. The molecule has 1 aliphatic carbocycles. The Kier molecular flexibility index (Phi) is 9.90. The fourth-order valence-electron chi connectivity index (χ4n) is 4.42. The minimum absolute atomic E-state index is 0.0428. The average molecular weight is 548 g/mol. The van der Waals surface area contributed by atoms with Crippen molar-refractivity contribution in [2.24, 2.45) is 0 Å². The Morgan fingerprint density at radius 3 is 2.08 bits per heavy atom. The van der Waals surface area contributed by atoms with Crippen molar-refractivity contribution in [3.05, 3.63) is 102 Å². The summed E-state index contributed by atoms with van der Waals surface area (Å²) in [6.45, 7) is 2.86. The van der Waals surface area contributed by atoms with Gasteiger partial charge in [-0.3, -0.25) is 9.59 Å². The van der Waals surface area contributed by atoms with Crippen molar-refractivity contribution in [2.75, 3.05) is 6.54 Å². The van der Waals surface area contributed by atoms with Crippen molar-refractivity contribution >= 4 is 21.8 Å². The van der Waals surface area contributed by atoms with E-state index in [1.807, 2.05) is 67.6 Å². The molecule has 1 saturated carbocycles. The number of hydrogen-bond acceptors (Lipinski definition) is 4. The summed E-state index contributed by atoms with van der Waals surface area (Å²) >= 11 is 0. The minimum atomic E-state index is -3.52. The van der Waals surface area contributed by atoms with Crippen LogP contribution < -0.4 is 10.0 Å². The maximum Gasteiger partial charge on any atom is 0.243 e. The molecule has 1 fully saturated rings. The molecule has 2 amide bonds. The van der Waals surface area contributed by atoms with Crippen LogP contribution in [0.5, 0.6) is 0 Å². The first kappa shape index (κ1) is 28.5. The number of sulfonamides is 1. The Balaban J connectivity index is 1.51. The molecule has 206 valence electrons. The van der Waals surface area contributed by atoms with Crippen molar-refractivity contribution in [1.82, 2.24) is 14.9 Å². The standard InChI is InChI=1S/C31H37N3O4S/c1-2-21-32-31(36)29(22-25-9-5-3-6-10-25)34(23-26-11-7-4-8-12-26)30(35)20-15-24-13-18-28(19-14-24)39(37,38)33-27-16-17-27/h3-14,18-19,27,29,33H,2,15-17,20-23H2,1H3,(H,32,36)/t29-/m0/s1. The Morgan fingerprint density at radius 1 is 0.872 bits per heavy atom. The van der Waals surface area contributed by atoms with Crippen LogP contribution in [0.25, 0.3) is 0 Å². The van der Waals surface area contributed by atoms with Gasteiger partial charge in [0.25, 0.3) is 0 Å². The van der Waals surface area contributed by atoms with E-state index in [2.05, 4.69) is 10.0 Å². The second kappa shape index (κ2) is 13.5. The van der Waals surface area contributed by atoms with Crippen molar-refractivity contribution in [3.63, 3.8) is 0 Å². The molecule has 0 unspecified atom stereocenters. The summed E-state index contributed by atoms with van der Waals surface area (Å²) in [5, 5.41) is 2.99. The van der Waals surface area contributed by atoms with Crippen LogP contribution in [0.3, 0.4) is 0 Å². The molecule has 3 aromatic carbocycles. The van der Waals surface area contributed by atoms with E-state index >= 15 is 0 Å². The highest BCUT2D eigenvalue weighted by atomic mass is 32.2. The van der Waals surface area contributed by atoms with Gasteiger partial charge >= 0.3 is 0 Å². The fraction of sp³-hybridized carbons (Fsp3) is 0.355. The maximum absolute atomic E-state index is 13.7. The number of benzene rings is 3. The Bertz CT molecular complexity index is 1330. The highest BCUT2D eigenvalue weighted by molar-refractivity contribution is 7.89. The van der Waals surface area contributed by atoms with Crippen LogP contribution in [0.1, 0.15) is 49.3 Å². The zero-order valence-corrected chi connectivity index (χ0v) is 23.2. The van der Waals surface area contributed by atoms with Crippen LogP contribution in [-0.2, 0) is 39.0 Å². The van der Waals surface area contributed by atoms with E-state index in [-0.39, 0.29) is 29.2 Å². The van der Waals surface area contributed by atoms with Crippen LogP contribution >= 0.6 is 0 Å². The van der Waals surface area contributed by atoms with Crippen molar-refractivity contribution in [3.8, 4) is 0 Å². The quantitative estimate of drug-likeness (QED) is 0.316. The molecule has 0 heterocycles. The van der Waals surface area contributed by atoms with E-state index < -0.39 is 16.1 Å².